The Morgan fingerprint density at radius 2 is 1.60 bits per heavy atom. The van der Waals surface area contributed by atoms with Crippen molar-refractivity contribution < 1.29 is 22.0 Å². The number of nitrogens with one attached hydrogen (secondary N) is 1. The first-order valence-electron chi connectivity index (χ1n) is 5.36. The van der Waals surface area contributed by atoms with E-state index in [1.807, 2.05) is 0 Å². The van der Waals surface area contributed by atoms with Crippen molar-refractivity contribution in [1.29, 1.82) is 0 Å². The van der Waals surface area contributed by atoms with E-state index in [0.29, 0.717) is 6.07 Å². The zero-order valence-electron chi connectivity index (χ0n) is 9.73. The van der Waals surface area contributed by atoms with Gasteiger partial charge in [0.15, 0.2) is 0 Å². The minimum atomic E-state index is -4.61. The van der Waals surface area contributed by atoms with Crippen molar-refractivity contribution in [3.63, 3.8) is 0 Å². The van der Waals surface area contributed by atoms with Crippen LogP contribution in [0.1, 0.15) is 5.56 Å². The quantitative estimate of drug-likeness (QED) is 0.734. The predicted octanol–water partition coefficient (Wildman–Crippen LogP) is 5.38. The van der Waals surface area contributed by atoms with E-state index in [1.54, 1.807) is 0 Å². The molecule has 0 saturated carbocycles. The molecular formula is C13H7ClF5N. The highest BCUT2D eigenvalue weighted by Gasteiger charge is 2.31. The first kappa shape index (κ1) is 14.6. The highest BCUT2D eigenvalue weighted by atomic mass is 35.5. The molecule has 0 saturated heterocycles. The number of anilines is 2. The van der Waals surface area contributed by atoms with Crippen LogP contribution in [-0.2, 0) is 6.18 Å². The Morgan fingerprint density at radius 1 is 0.900 bits per heavy atom. The van der Waals surface area contributed by atoms with Gasteiger partial charge in [-0.1, -0.05) is 11.6 Å². The van der Waals surface area contributed by atoms with Gasteiger partial charge in [0.2, 0.25) is 0 Å². The zero-order valence-corrected chi connectivity index (χ0v) is 10.5. The SMILES string of the molecule is Fc1ccc(Nc2ccc(C(F)(F)F)cc2F)cc1Cl. The van der Waals surface area contributed by atoms with Crippen LogP contribution >= 0.6 is 11.6 Å². The van der Waals surface area contributed by atoms with Crippen LogP contribution in [0.15, 0.2) is 36.4 Å². The molecule has 0 atom stereocenters. The number of hydrogen-bond acceptors (Lipinski definition) is 1. The van der Waals surface area contributed by atoms with Crippen molar-refractivity contribution >= 4 is 23.0 Å². The van der Waals surface area contributed by atoms with Crippen molar-refractivity contribution in [3.05, 3.63) is 58.6 Å². The van der Waals surface area contributed by atoms with E-state index in [0.717, 1.165) is 18.2 Å². The molecule has 7 heteroatoms. The Morgan fingerprint density at radius 3 is 2.15 bits per heavy atom. The second kappa shape index (κ2) is 5.28. The topological polar surface area (TPSA) is 12.0 Å². The monoisotopic (exact) mass is 307 g/mol. The van der Waals surface area contributed by atoms with Gasteiger partial charge in [-0.25, -0.2) is 8.78 Å². The van der Waals surface area contributed by atoms with Gasteiger partial charge in [0.25, 0.3) is 0 Å². The minimum absolute atomic E-state index is 0.166. The van der Waals surface area contributed by atoms with E-state index in [1.165, 1.54) is 12.1 Å². The van der Waals surface area contributed by atoms with Gasteiger partial charge in [0.1, 0.15) is 11.6 Å². The van der Waals surface area contributed by atoms with Crippen LogP contribution in [-0.4, -0.2) is 0 Å². The lowest BCUT2D eigenvalue weighted by molar-refractivity contribution is -0.137. The van der Waals surface area contributed by atoms with Crippen LogP contribution in [0.5, 0.6) is 0 Å². The van der Waals surface area contributed by atoms with E-state index in [9.17, 15) is 22.0 Å². The molecule has 1 nitrogen and oxygen atoms in total. The molecule has 0 radical (unpaired) electrons. The molecule has 0 heterocycles. The number of alkyl halides is 3. The maximum Gasteiger partial charge on any atom is 0.416 e. The second-order valence-corrected chi connectivity index (χ2v) is 4.35. The molecule has 2 aromatic rings. The molecule has 2 rings (SSSR count). The summed E-state index contributed by atoms with van der Waals surface area (Å²) in [5.74, 6) is -1.72. The van der Waals surface area contributed by atoms with E-state index in [4.69, 9.17) is 11.6 Å². The van der Waals surface area contributed by atoms with Gasteiger partial charge in [-0.15, -0.1) is 0 Å². The van der Waals surface area contributed by atoms with Gasteiger partial charge in [0, 0.05) is 5.69 Å². The molecule has 0 aliphatic rings. The molecule has 0 aliphatic heterocycles. The third-order valence-corrected chi connectivity index (χ3v) is 2.78. The van der Waals surface area contributed by atoms with E-state index < -0.39 is 23.4 Å². The fourth-order valence-corrected chi connectivity index (χ4v) is 1.70. The second-order valence-electron chi connectivity index (χ2n) is 3.95. The molecule has 1 N–H and O–H groups in total. The molecule has 0 unspecified atom stereocenters. The van der Waals surface area contributed by atoms with Crippen molar-refractivity contribution in [2.75, 3.05) is 5.32 Å². The smallest absolute Gasteiger partial charge is 0.353 e. The van der Waals surface area contributed by atoms with Crippen LogP contribution in [0.3, 0.4) is 0 Å². The van der Waals surface area contributed by atoms with Crippen molar-refractivity contribution in [1.82, 2.24) is 0 Å². The Balaban J connectivity index is 2.28. The third-order valence-electron chi connectivity index (χ3n) is 2.50. The molecule has 20 heavy (non-hydrogen) atoms. The van der Waals surface area contributed by atoms with Crippen molar-refractivity contribution in [2.24, 2.45) is 0 Å². The molecule has 0 fully saturated rings. The van der Waals surface area contributed by atoms with Gasteiger partial charge in [-0.05, 0) is 36.4 Å². The van der Waals surface area contributed by atoms with Gasteiger partial charge in [0.05, 0.1) is 16.3 Å². The first-order chi connectivity index (χ1) is 9.27. The highest BCUT2D eigenvalue weighted by molar-refractivity contribution is 6.31. The summed E-state index contributed by atoms with van der Waals surface area (Å²) in [6, 6.07) is 5.64. The normalized spacial score (nSPS) is 11.5. The fourth-order valence-electron chi connectivity index (χ4n) is 1.52. The molecule has 0 amide bonds. The standard InChI is InChI=1S/C13H7ClF5N/c14-9-6-8(2-3-10(9)15)20-12-4-1-7(5-11(12)16)13(17,18)19/h1-6,20H. The number of hydrogen-bond donors (Lipinski definition) is 1. The summed E-state index contributed by atoms with van der Waals surface area (Å²) in [7, 11) is 0. The molecule has 2 aromatic carbocycles. The van der Waals surface area contributed by atoms with Crippen LogP contribution < -0.4 is 5.32 Å². The van der Waals surface area contributed by atoms with Crippen molar-refractivity contribution in [2.45, 2.75) is 6.18 Å². The molecule has 0 aromatic heterocycles. The van der Waals surface area contributed by atoms with Gasteiger partial charge >= 0.3 is 6.18 Å². The van der Waals surface area contributed by atoms with E-state index in [-0.39, 0.29) is 16.4 Å². The number of rotatable bonds is 2. The summed E-state index contributed by atoms with van der Waals surface area (Å²) in [5.41, 5.74) is -0.992. The minimum Gasteiger partial charge on any atom is -0.353 e. The molecule has 0 spiro atoms. The number of halogens is 6. The molecule has 0 bridgehead atoms. The summed E-state index contributed by atoms with van der Waals surface area (Å²) >= 11 is 5.55. The number of benzene rings is 2. The maximum atomic E-state index is 13.6. The summed E-state index contributed by atoms with van der Waals surface area (Å²) in [6.45, 7) is 0. The molecule has 106 valence electrons. The molecule has 0 aliphatic carbocycles. The summed E-state index contributed by atoms with van der Waals surface area (Å²) in [4.78, 5) is 0. The maximum absolute atomic E-state index is 13.6. The largest absolute Gasteiger partial charge is 0.416 e. The zero-order chi connectivity index (χ0) is 14.9. The van der Waals surface area contributed by atoms with E-state index >= 15 is 0 Å². The summed E-state index contributed by atoms with van der Waals surface area (Å²) in [5, 5.41) is 2.35. The Labute approximate surface area is 116 Å². The van der Waals surface area contributed by atoms with Gasteiger partial charge in [-0.3, -0.25) is 0 Å². The van der Waals surface area contributed by atoms with E-state index in [2.05, 4.69) is 5.32 Å². The fraction of sp³-hybridized carbons (Fsp3) is 0.0769. The van der Waals surface area contributed by atoms with Crippen LogP contribution in [0, 0.1) is 11.6 Å². The van der Waals surface area contributed by atoms with Crippen LogP contribution in [0.2, 0.25) is 5.02 Å². The Bertz CT molecular complexity index is 639. The Kier molecular flexibility index (Phi) is 3.85. The average molecular weight is 308 g/mol. The van der Waals surface area contributed by atoms with Crippen LogP contribution in [0.4, 0.5) is 33.3 Å². The lowest BCUT2D eigenvalue weighted by Crippen LogP contribution is -2.06. The van der Waals surface area contributed by atoms with Gasteiger partial charge < -0.3 is 5.32 Å². The molecular weight excluding hydrogens is 301 g/mol. The summed E-state index contributed by atoms with van der Waals surface area (Å²) < 4.78 is 63.7. The van der Waals surface area contributed by atoms with Crippen molar-refractivity contribution in [3.8, 4) is 0 Å². The predicted molar refractivity (Wildman–Crippen MR) is 66.1 cm³/mol. The average Bonchev–Trinajstić information content (AvgIpc) is 2.35. The highest BCUT2D eigenvalue weighted by Crippen LogP contribution is 2.32. The third kappa shape index (κ3) is 3.19. The van der Waals surface area contributed by atoms with Crippen LogP contribution in [0.25, 0.3) is 0 Å². The lowest BCUT2D eigenvalue weighted by Gasteiger charge is -2.11. The Hall–Kier alpha value is -1.82. The summed E-state index contributed by atoms with van der Waals surface area (Å²) in [6.07, 6.45) is -4.61. The van der Waals surface area contributed by atoms with Gasteiger partial charge in [-0.2, -0.15) is 13.2 Å². The first-order valence-corrected chi connectivity index (χ1v) is 5.74. The lowest BCUT2D eigenvalue weighted by atomic mass is 10.2.